The lowest BCUT2D eigenvalue weighted by atomic mass is 9.86. The highest BCUT2D eigenvalue weighted by Gasteiger charge is 2.24. The minimum atomic E-state index is 0.713. The van der Waals surface area contributed by atoms with Gasteiger partial charge < -0.3 is 10.2 Å². The van der Waals surface area contributed by atoms with Crippen LogP contribution < -0.4 is 5.32 Å². The first-order chi connectivity index (χ1) is 7.75. The quantitative estimate of drug-likeness (QED) is 0.736. The summed E-state index contributed by atoms with van der Waals surface area (Å²) in [5, 5.41) is 3.59. The van der Waals surface area contributed by atoms with Crippen molar-refractivity contribution in [1.29, 1.82) is 0 Å². The fraction of sp³-hybridized carbons (Fsp3) is 1.00. The topological polar surface area (TPSA) is 15.3 Å². The number of rotatable bonds is 1. The number of nitrogens with one attached hydrogen (secondary N) is 1. The molecule has 1 aliphatic carbocycles. The van der Waals surface area contributed by atoms with Crippen molar-refractivity contribution >= 4 is 0 Å². The zero-order valence-electron chi connectivity index (χ0n) is 11.0. The van der Waals surface area contributed by atoms with Gasteiger partial charge >= 0.3 is 0 Å². The maximum atomic E-state index is 3.59. The molecule has 2 fully saturated rings. The zero-order chi connectivity index (χ0) is 11.4. The van der Waals surface area contributed by atoms with Crippen LogP contribution >= 0.6 is 0 Å². The summed E-state index contributed by atoms with van der Waals surface area (Å²) in [6.07, 6.45) is 8.46. The maximum Gasteiger partial charge on any atom is 0.00954 e. The molecule has 2 heteroatoms. The van der Waals surface area contributed by atoms with Crippen LogP contribution in [0.1, 0.15) is 52.4 Å². The predicted octanol–water partition coefficient (Wildman–Crippen LogP) is 2.64. The van der Waals surface area contributed by atoms with Gasteiger partial charge in [0.25, 0.3) is 0 Å². The summed E-state index contributed by atoms with van der Waals surface area (Å²) in [5.41, 5.74) is 0. The van der Waals surface area contributed by atoms with Crippen molar-refractivity contribution < 1.29 is 0 Å². The molecule has 0 amide bonds. The van der Waals surface area contributed by atoms with Crippen LogP contribution in [0.4, 0.5) is 0 Å². The molecule has 1 N–H and O–H groups in total. The molecule has 2 aliphatic rings. The summed E-state index contributed by atoms with van der Waals surface area (Å²) < 4.78 is 0. The van der Waals surface area contributed by atoms with E-state index in [9.17, 15) is 0 Å². The lowest BCUT2D eigenvalue weighted by Crippen LogP contribution is -2.44. The molecule has 94 valence electrons. The van der Waals surface area contributed by atoms with Crippen LogP contribution in [0.15, 0.2) is 0 Å². The van der Waals surface area contributed by atoms with E-state index in [0.29, 0.717) is 6.04 Å². The SMILES string of the molecule is CC1CCC(N2CCCNC(C)CC2)CC1. The first-order valence-corrected chi connectivity index (χ1v) is 7.23. The highest BCUT2D eigenvalue weighted by atomic mass is 15.2. The van der Waals surface area contributed by atoms with Gasteiger partial charge in [0.05, 0.1) is 0 Å². The van der Waals surface area contributed by atoms with E-state index in [1.54, 1.807) is 0 Å². The Morgan fingerprint density at radius 2 is 1.69 bits per heavy atom. The van der Waals surface area contributed by atoms with Gasteiger partial charge in [-0.3, -0.25) is 0 Å². The Morgan fingerprint density at radius 1 is 0.938 bits per heavy atom. The molecule has 1 saturated carbocycles. The van der Waals surface area contributed by atoms with Gasteiger partial charge in [-0.2, -0.15) is 0 Å². The Balaban J connectivity index is 1.82. The van der Waals surface area contributed by atoms with Crippen LogP contribution in [0.5, 0.6) is 0 Å². The fourth-order valence-corrected chi connectivity index (χ4v) is 3.18. The summed E-state index contributed by atoms with van der Waals surface area (Å²) in [6.45, 7) is 8.58. The highest BCUT2D eigenvalue weighted by molar-refractivity contribution is 4.80. The Hall–Kier alpha value is -0.0800. The van der Waals surface area contributed by atoms with Crippen LogP contribution in [0.2, 0.25) is 0 Å². The molecule has 1 aliphatic heterocycles. The Bertz CT molecular complexity index is 197. The third kappa shape index (κ3) is 3.46. The molecule has 0 aromatic rings. The summed E-state index contributed by atoms with van der Waals surface area (Å²) in [4.78, 5) is 2.78. The second kappa shape index (κ2) is 6.02. The number of hydrogen-bond donors (Lipinski definition) is 1. The van der Waals surface area contributed by atoms with E-state index in [0.717, 1.165) is 12.0 Å². The van der Waals surface area contributed by atoms with Crippen molar-refractivity contribution in [2.45, 2.75) is 64.5 Å². The molecule has 2 rings (SSSR count). The van der Waals surface area contributed by atoms with Gasteiger partial charge in [0, 0.05) is 12.1 Å². The largest absolute Gasteiger partial charge is 0.314 e. The highest BCUT2D eigenvalue weighted by Crippen LogP contribution is 2.27. The van der Waals surface area contributed by atoms with E-state index in [1.165, 1.54) is 58.2 Å². The average Bonchev–Trinajstić information content (AvgIpc) is 2.26. The molecule has 0 aromatic heterocycles. The minimum absolute atomic E-state index is 0.713. The summed E-state index contributed by atoms with van der Waals surface area (Å²) in [6, 6.07) is 1.62. The van der Waals surface area contributed by atoms with Crippen molar-refractivity contribution in [3.8, 4) is 0 Å². The van der Waals surface area contributed by atoms with Gasteiger partial charge in [0.15, 0.2) is 0 Å². The zero-order valence-corrected chi connectivity index (χ0v) is 11.0. The van der Waals surface area contributed by atoms with E-state index in [1.807, 2.05) is 0 Å². The smallest absolute Gasteiger partial charge is 0.00954 e. The van der Waals surface area contributed by atoms with Crippen LogP contribution in [-0.2, 0) is 0 Å². The molecule has 0 bridgehead atoms. The van der Waals surface area contributed by atoms with Gasteiger partial charge in [0.1, 0.15) is 0 Å². The standard InChI is InChI=1S/C14H28N2/c1-12-4-6-14(7-5-12)16-10-3-9-15-13(2)8-11-16/h12-15H,3-11H2,1-2H3. The van der Waals surface area contributed by atoms with Crippen molar-refractivity contribution in [3.63, 3.8) is 0 Å². The average molecular weight is 224 g/mol. The van der Waals surface area contributed by atoms with Gasteiger partial charge in [0.2, 0.25) is 0 Å². The van der Waals surface area contributed by atoms with Gasteiger partial charge in [-0.15, -0.1) is 0 Å². The maximum absolute atomic E-state index is 3.59. The molecule has 1 unspecified atom stereocenters. The van der Waals surface area contributed by atoms with Crippen LogP contribution in [-0.4, -0.2) is 36.6 Å². The monoisotopic (exact) mass is 224 g/mol. The third-order valence-corrected chi connectivity index (χ3v) is 4.47. The number of nitrogens with zero attached hydrogens (tertiary/aromatic N) is 1. The van der Waals surface area contributed by atoms with E-state index >= 15 is 0 Å². The second-order valence-electron chi connectivity index (χ2n) is 5.95. The lowest BCUT2D eigenvalue weighted by Gasteiger charge is -2.38. The molecule has 0 radical (unpaired) electrons. The Morgan fingerprint density at radius 3 is 2.44 bits per heavy atom. The summed E-state index contributed by atoms with van der Waals surface area (Å²) in [5.74, 6) is 0.978. The lowest BCUT2D eigenvalue weighted by molar-refractivity contribution is 0.126. The van der Waals surface area contributed by atoms with Gasteiger partial charge in [-0.05, 0) is 71.0 Å². The van der Waals surface area contributed by atoms with Crippen molar-refractivity contribution in [1.82, 2.24) is 10.2 Å². The van der Waals surface area contributed by atoms with Crippen molar-refractivity contribution in [2.24, 2.45) is 5.92 Å². The van der Waals surface area contributed by atoms with Crippen molar-refractivity contribution in [2.75, 3.05) is 19.6 Å². The minimum Gasteiger partial charge on any atom is -0.314 e. The third-order valence-electron chi connectivity index (χ3n) is 4.47. The Labute approximate surface area is 101 Å². The van der Waals surface area contributed by atoms with Gasteiger partial charge in [-0.25, -0.2) is 0 Å². The van der Waals surface area contributed by atoms with E-state index in [4.69, 9.17) is 0 Å². The summed E-state index contributed by atoms with van der Waals surface area (Å²) in [7, 11) is 0. The molecule has 16 heavy (non-hydrogen) atoms. The molecular weight excluding hydrogens is 196 g/mol. The fourth-order valence-electron chi connectivity index (χ4n) is 3.18. The molecule has 1 saturated heterocycles. The first-order valence-electron chi connectivity index (χ1n) is 7.23. The van der Waals surface area contributed by atoms with Crippen LogP contribution in [0.3, 0.4) is 0 Å². The summed E-state index contributed by atoms with van der Waals surface area (Å²) >= 11 is 0. The van der Waals surface area contributed by atoms with E-state index in [2.05, 4.69) is 24.1 Å². The number of hydrogen-bond acceptors (Lipinski definition) is 2. The van der Waals surface area contributed by atoms with Gasteiger partial charge in [-0.1, -0.05) is 6.92 Å². The molecule has 1 atom stereocenters. The van der Waals surface area contributed by atoms with Crippen LogP contribution in [0, 0.1) is 5.92 Å². The molecule has 2 nitrogen and oxygen atoms in total. The molecule has 0 aromatic carbocycles. The molecule has 1 heterocycles. The van der Waals surface area contributed by atoms with E-state index < -0.39 is 0 Å². The van der Waals surface area contributed by atoms with Crippen LogP contribution in [0.25, 0.3) is 0 Å². The first kappa shape index (κ1) is 12.4. The molecular formula is C14H28N2. The molecule has 0 spiro atoms. The predicted molar refractivity (Wildman–Crippen MR) is 69.7 cm³/mol. The second-order valence-corrected chi connectivity index (χ2v) is 5.95. The van der Waals surface area contributed by atoms with E-state index in [-0.39, 0.29) is 0 Å². The normalized spacial score (nSPS) is 39.0. The van der Waals surface area contributed by atoms with Crippen molar-refractivity contribution in [3.05, 3.63) is 0 Å². The Kier molecular flexibility index (Phi) is 4.66.